The van der Waals surface area contributed by atoms with Crippen LogP contribution >= 0.6 is 82.5 Å². The number of urea groups is 8. The summed E-state index contributed by atoms with van der Waals surface area (Å²) < 4.78 is 0. The number of carbonyl (C=O) groups excluding carboxylic acids is 12. The highest BCUT2D eigenvalue weighted by molar-refractivity contribution is 9.26. The third-order valence-electron chi connectivity index (χ3n) is 14.1. The highest BCUT2D eigenvalue weighted by Gasteiger charge is 2.25. The molecule has 40 heteroatoms. The molecule has 8 saturated heterocycles. The first-order chi connectivity index (χ1) is 43.7. The fourth-order valence-corrected chi connectivity index (χ4v) is 20.6. The molecule has 0 radical (unpaired) electrons. The molecule has 0 aliphatic carbocycles. The van der Waals surface area contributed by atoms with E-state index in [1.807, 2.05) is 19.6 Å². The molecule has 12 N–H and O–H groups in total. The Morgan fingerprint density at radius 2 is 0.522 bits per heavy atom. The van der Waals surface area contributed by atoms with Crippen molar-refractivity contribution in [3.05, 3.63) is 0 Å². The van der Waals surface area contributed by atoms with Crippen LogP contribution in [0.1, 0.15) is 38.5 Å². The van der Waals surface area contributed by atoms with Gasteiger partial charge in [-0.2, -0.15) is 0 Å². The molecule has 8 fully saturated rings. The monoisotopic (exact) mass is 1420 g/mol. The number of carbonyl (C=O) groups is 12. The van der Waals surface area contributed by atoms with Crippen LogP contribution in [0.2, 0.25) is 0 Å². The van der Waals surface area contributed by atoms with E-state index in [1.165, 1.54) is 41.2 Å². The first kappa shape index (κ1) is 75.6. The van der Waals surface area contributed by atoms with Gasteiger partial charge in [-0.1, -0.05) is 43.2 Å². The van der Waals surface area contributed by atoms with Crippen molar-refractivity contribution in [2.45, 2.75) is 38.5 Å². The van der Waals surface area contributed by atoms with E-state index < -0.39 is 0 Å². The fourth-order valence-electron chi connectivity index (χ4n) is 9.18. The van der Waals surface area contributed by atoms with Gasteiger partial charge in [0, 0.05) is 208 Å². The second-order valence-corrected chi connectivity index (χ2v) is 32.7. The SMILES string of the molecule is O=C(CCCC(=O)NCCN1CCNC1=O)NCCN1CCNC1=O.O=C(CSSSSCC(=O)NCCN1CCNC1=O)NCCN1CCNC1=O.O=C1NCCN1CCCCCN1CCNC1=O.O=C1NCCN1CCSSSSCCN1CCNC1=O. The molecule has 0 spiro atoms. The molecule has 20 amide bonds. The number of unbranched alkanes of at least 4 members (excludes halogenated alkanes) is 2. The quantitative estimate of drug-likeness (QED) is 0.0292. The maximum absolute atomic E-state index is 11.7. The smallest absolute Gasteiger partial charge is 0.317 e. The third kappa shape index (κ3) is 31.4. The average Bonchev–Trinajstić information content (AvgIpc) is 4.64. The Morgan fingerprint density at radius 3 is 0.778 bits per heavy atom. The molecule has 8 aliphatic heterocycles. The molecular formula is C50H88N20O12S8. The molecule has 508 valence electrons. The molecular weight excluding hydrogens is 1330 g/mol. The van der Waals surface area contributed by atoms with Crippen molar-refractivity contribution in [1.29, 1.82) is 0 Å². The number of hydrogen-bond acceptors (Lipinski definition) is 20. The first-order valence-corrected chi connectivity index (χ1v) is 40.4. The van der Waals surface area contributed by atoms with Gasteiger partial charge in [0.25, 0.3) is 0 Å². The van der Waals surface area contributed by atoms with Crippen molar-refractivity contribution in [3.8, 4) is 0 Å². The van der Waals surface area contributed by atoms with Gasteiger partial charge >= 0.3 is 48.2 Å². The normalized spacial score (nSPS) is 17.5. The molecule has 32 nitrogen and oxygen atoms in total. The van der Waals surface area contributed by atoms with E-state index in [0.717, 1.165) is 109 Å². The van der Waals surface area contributed by atoms with Crippen LogP contribution in [0.15, 0.2) is 0 Å². The van der Waals surface area contributed by atoms with Crippen molar-refractivity contribution >= 4 is 154 Å². The molecule has 8 rings (SSSR count). The van der Waals surface area contributed by atoms with Crippen LogP contribution in [0.25, 0.3) is 0 Å². The Labute approximate surface area is 556 Å². The van der Waals surface area contributed by atoms with Crippen LogP contribution < -0.4 is 63.8 Å². The summed E-state index contributed by atoms with van der Waals surface area (Å²) in [6.07, 6.45) is 4.10. The summed E-state index contributed by atoms with van der Waals surface area (Å²) in [6.45, 7) is 18.6. The number of nitrogens with zero attached hydrogens (tertiary/aromatic N) is 8. The molecule has 90 heavy (non-hydrogen) atoms. The minimum atomic E-state index is -0.124. The van der Waals surface area contributed by atoms with Gasteiger partial charge in [-0.25, -0.2) is 38.4 Å². The fraction of sp³-hybridized carbons (Fsp3) is 0.760. The Morgan fingerprint density at radius 1 is 0.289 bits per heavy atom. The zero-order valence-electron chi connectivity index (χ0n) is 50.6. The summed E-state index contributed by atoms with van der Waals surface area (Å²) >= 11 is 0. The maximum Gasteiger partial charge on any atom is 0.317 e. The predicted molar refractivity (Wildman–Crippen MR) is 360 cm³/mol. The Balaban J connectivity index is 0.000000222. The third-order valence-corrected chi connectivity index (χ3v) is 26.7. The minimum Gasteiger partial charge on any atom is -0.354 e. The lowest BCUT2D eigenvalue weighted by atomic mass is 10.2. The number of amides is 20. The molecule has 8 aliphatic rings. The van der Waals surface area contributed by atoms with Gasteiger partial charge in [0.15, 0.2) is 0 Å². The highest BCUT2D eigenvalue weighted by atomic mass is 33.7. The van der Waals surface area contributed by atoms with Crippen molar-refractivity contribution < 1.29 is 57.5 Å². The van der Waals surface area contributed by atoms with Gasteiger partial charge < -0.3 is 103 Å². The number of hydrogen-bond donors (Lipinski definition) is 12. The second kappa shape index (κ2) is 45.2. The zero-order valence-corrected chi connectivity index (χ0v) is 57.1. The summed E-state index contributed by atoms with van der Waals surface area (Å²) in [5.41, 5.74) is 0. The van der Waals surface area contributed by atoms with Gasteiger partial charge in [0.1, 0.15) is 0 Å². The lowest BCUT2D eigenvalue weighted by molar-refractivity contribution is -0.123. The van der Waals surface area contributed by atoms with Gasteiger partial charge in [0.05, 0.1) is 11.5 Å². The molecule has 0 aromatic carbocycles. The van der Waals surface area contributed by atoms with Crippen molar-refractivity contribution in [1.82, 2.24) is 103 Å². The summed E-state index contributed by atoms with van der Waals surface area (Å²) in [4.78, 5) is 151. The molecule has 0 aromatic heterocycles. The van der Waals surface area contributed by atoms with Crippen LogP contribution in [-0.4, -0.2) is 317 Å². The van der Waals surface area contributed by atoms with Gasteiger partial charge in [-0.15, -0.1) is 0 Å². The van der Waals surface area contributed by atoms with E-state index in [9.17, 15) is 57.5 Å². The average molecular weight is 1420 g/mol. The van der Waals surface area contributed by atoms with E-state index >= 15 is 0 Å². The van der Waals surface area contributed by atoms with Gasteiger partial charge in [-0.3, -0.25) is 19.2 Å². The highest BCUT2D eigenvalue weighted by Crippen LogP contribution is 2.43. The zero-order chi connectivity index (χ0) is 64.6. The predicted octanol–water partition coefficient (Wildman–Crippen LogP) is 0.308. The summed E-state index contributed by atoms with van der Waals surface area (Å²) in [5.74, 6) is 2.11. The van der Waals surface area contributed by atoms with E-state index in [4.69, 9.17) is 0 Å². The summed E-state index contributed by atoms with van der Waals surface area (Å²) in [7, 11) is 12.7. The lowest BCUT2D eigenvalue weighted by Crippen LogP contribution is -2.37. The number of nitrogens with one attached hydrogen (secondary N) is 12. The van der Waals surface area contributed by atoms with Crippen LogP contribution in [0, 0.1) is 0 Å². The topological polar surface area (TPSA) is 375 Å². The molecule has 0 bridgehead atoms. The van der Waals surface area contributed by atoms with Crippen LogP contribution in [0.3, 0.4) is 0 Å². The second-order valence-electron chi connectivity index (χ2n) is 20.5. The number of rotatable bonds is 38. The van der Waals surface area contributed by atoms with E-state index in [0.29, 0.717) is 123 Å². The van der Waals surface area contributed by atoms with Crippen molar-refractivity contribution in [2.75, 3.05) is 206 Å². The van der Waals surface area contributed by atoms with E-state index in [1.54, 1.807) is 60.8 Å². The minimum absolute atomic E-state index is 0.0570. The first-order valence-electron chi connectivity index (χ1n) is 30.1. The molecule has 8 heterocycles. The van der Waals surface area contributed by atoms with Crippen molar-refractivity contribution in [2.24, 2.45) is 0 Å². The largest absolute Gasteiger partial charge is 0.354 e. The van der Waals surface area contributed by atoms with Crippen molar-refractivity contribution in [3.63, 3.8) is 0 Å². The Bertz CT molecular complexity index is 2190. The molecule has 0 atom stereocenters. The van der Waals surface area contributed by atoms with Crippen LogP contribution in [-0.2, 0) is 19.2 Å². The maximum atomic E-state index is 11.7. The van der Waals surface area contributed by atoms with Gasteiger partial charge in [0.2, 0.25) is 23.6 Å². The van der Waals surface area contributed by atoms with Gasteiger partial charge in [-0.05, 0) is 65.0 Å². The Kier molecular flexibility index (Phi) is 37.9. The van der Waals surface area contributed by atoms with E-state index in [-0.39, 0.29) is 84.7 Å². The molecule has 0 unspecified atom stereocenters. The summed E-state index contributed by atoms with van der Waals surface area (Å²) in [6, 6.07) is -0.137. The lowest BCUT2D eigenvalue weighted by Gasteiger charge is -2.15. The Hall–Kier alpha value is -5.16. The van der Waals surface area contributed by atoms with Crippen LogP contribution in [0.5, 0.6) is 0 Å². The summed E-state index contributed by atoms with van der Waals surface area (Å²) in [5, 5.41) is 33.0. The molecule has 0 saturated carbocycles. The standard InChI is InChI=1S/C15H26N6O4.C14H24N6O4S4.C11H20N4O2.C10H18N4O2S4/c22-12(16-4-8-20-10-6-18-14(20)24)2-1-3-13(23)17-5-9-21-11-7-19-15(21)25;21-11(15-1-5-19-7-3-17-13(19)23)9-25-27-28-26-10-12(22)16-2-6-20-8-4-18-14(20)24;16-10-12-4-8-14(10)6-2-1-3-7-15-9-5-13-11(15)17;15-9-11-1-3-13(9)5-7-17-19-20-18-8-6-14-4-2-12-10(14)16/h1-11H2,(H,16,22)(H,17,23)(H,18,24)(H,19,25);1-10H2,(H,15,21)(H,16,22)(H,17,23)(H,18,24);1-9H2,(H,12,16)(H,13,17);1-8H2,(H,11,15)(H,12,16). The molecule has 0 aromatic rings. The van der Waals surface area contributed by atoms with Crippen LogP contribution in [0.4, 0.5) is 38.4 Å². The van der Waals surface area contributed by atoms with E-state index in [2.05, 4.69) is 63.8 Å².